The molecule has 0 unspecified atom stereocenters. The van der Waals surface area contributed by atoms with Crippen molar-refractivity contribution in [2.24, 2.45) is 0 Å². The number of amides is 1. The molecule has 0 radical (unpaired) electrons. The molecule has 178 valence electrons. The zero-order chi connectivity index (χ0) is 24.3. The second-order valence-electron chi connectivity index (χ2n) is 8.00. The Labute approximate surface area is 198 Å². The Bertz CT molecular complexity index is 1330. The highest BCUT2D eigenvalue weighted by Crippen LogP contribution is 2.26. The number of ether oxygens (including phenoxy) is 2. The van der Waals surface area contributed by atoms with Gasteiger partial charge >= 0.3 is 0 Å². The number of piperazine rings is 1. The number of rotatable bonds is 7. The summed E-state index contributed by atoms with van der Waals surface area (Å²) >= 11 is 0. The molecule has 0 aliphatic carbocycles. The number of hydrogen-bond acceptors (Lipinski definition) is 6. The Morgan fingerprint density at radius 1 is 0.912 bits per heavy atom. The molecular formula is C25H26N2O6S. The van der Waals surface area contributed by atoms with E-state index in [4.69, 9.17) is 9.47 Å². The smallest absolute Gasteiger partial charge is 0.260 e. The fourth-order valence-corrected chi connectivity index (χ4v) is 5.38. The van der Waals surface area contributed by atoms with E-state index in [1.54, 1.807) is 41.3 Å². The van der Waals surface area contributed by atoms with Crippen LogP contribution in [-0.2, 0) is 14.8 Å². The van der Waals surface area contributed by atoms with Crippen LogP contribution in [0.1, 0.15) is 17.3 Å². The predicted molar refractivity (Wildman–Crippen MR) is 128 cm³/mol. The van der Waals surface area contributed by atoms with Crippen LogP contribution in [0.15, 0.2) is 65.6 Å². The molecule has 34 heavy (non-hydrogen) atoms. The number of benzene rings is 3. The average Bonchev–Trinajstić information content (AvgIpc) is 2.86. The van der Waals surface area contributed by atoms with Crippen molar-refractivity contribution in [1.82, 2.24) is 9.21 Å². The van der Waals surface area contributed by atoms with Gasteiger partial charge in [0.25, 0.3) is 5.91 Å². The number of methoxy groups -OCH3 is 1. The molecule has 0 aromatic heterocycles. The van der Waals surface area contributed by atoms with Crippen molar-refractivity contribution in [1.29, 1.82) is 0 Å². The van der Waals surface area contributed by atoms with Crippen LogP contribution in [0.3, 0.4) is 0 Å². The molecule has 4 rings (SSSR count). The zero-order valence-electron chi connectivity index (χ0n) is 19.1. The first-order valence-electron chi connectivity index (χ1n) is 10.9. The van der Waals surface area contributed by atoms with Crippen molar-refractivity contribution < 1.29 is 27.5 Å². The van der Waals surface area contributed by atoms with Gasteiger partial charge in [-0.2, -0.15) is 4.31 Å². The largest absolute Gasteiger partial charge is 0.497 e. The Morgan fingerprint density at radius 2 is 1.62 bits per heavy atom. The fourth-order valence-electron chi connectivity index (χ4n) is 3.93. The van der Waals surface area contributed by atoms with Gasteiger partial charge in [0.05, 0.1) is 17.6 Å². The maximum absolute atomic E-state index is 13.1. The lowest BCUT2D eigenvalue weighted by atomic mass is 10.1. The molecule has 3 aromatic rings. The average molecular weight is 483 g/mol. The number of hydrogen-bond donors (Lipinski definition) is 0. The number of Topliss-reactive ketones (excluding diaryl/α,β-unsaturated/α-hetero) is 1. The SMILES string of the molecule is COc1ccc(C(C)=O)c(OCC(=O)N2CCN(S(=O)(=O)c3ccc4ccccc4c3)CC2)c1. The monoisotopic (exact) mass is 482 g/mol. The van der Waals surface area contributed by atoms with Crippen molar-refractivity contribution in [2.45, 2.75) is 11.8 Å². The van der Waals surface area contributed by atoms with Crippen LogP contribution in [0.2, 0.25) is 0 Å². The highest BCUT2D eigenvalue weighted by Gasteiger charge is 2.30. The molecule has 1 fully saturated rings. The van der Waals surface area contributed by atoms with E-state index in [0.29, 0.717) is 11.3 Å². The minimum absolute atomic E-state index is 0.183. The quantitative estimate of drug-likeness (QED) is 0.481. The normalized spacial score (nSPS) is 14.7. The lowest BCUT2D eigenvalue weighted by Crippen LogP contribution is -2.51. The Kier molecular flexibility index (Phi) is 6.85. The molecule has 0 atom stereocenters. The van der Waals surface area contributed by atoms with E-state index in [0.717, 1.165) is 10.8 Å². The van der Waals surface area contributed by atoms with E-state index in [1.807, 2.05) is 24.3 Å². The van der Waals surface area contributed by atoms with Gasteiger partial charge in [-0.1, -0.05) is 30.3 Å². The van der Waals surface area contributed by atoms with Gasteiger partial charge in [0, 0.05) is 32.2 Å². The third kappa shape index (κ3) is 4.90. The van der Waals surface area contributed by atoms with Crippen LogP contribution < -0.4 is 9.47 Å². The van der Waals surface area contributed by atoms with Gasteiger partial charge in [0.1, 0.15) is 11.5 Å². The van der Waals surface area contributed by atoms with Crippen LogP contribution >= 0.6 is 0 Å². The molecule has 0 spiro atoms. The van der Waals surface area contributed by atoms with Crippen LogP contribution in [0.25, 0.3) is 10.8 Å². The molecule has 1 aliphatic heterocycles. The maximum atomic E-state index is 13.1. The Hall–Kier alpha value is -3.43. The van der Waals surface area contributed by atoms with E-state index >= 15 is 0 Å². The van der Waals surface area contributed by atoms with Gasteiger partial charge in [0.15, 0.2) is 12.4 Å². The second-order valence-corrected chi connectivity index (χ2v) is 9.94. The van der Waals surface area contributed by atoms with Crippen molar-refractivity contribution in [3.8, 4) is 11.5 Å². The summed E-state index contributed by atoms with van der Waals surface area (Å²) in [5, 5.41) is 1.83. The molecule has 3 aromatic carbocycles. The van der Waals surface area contributed by atoms with Gasteiger partial charge in [-0.3, -0.25) is 9.59 Å². The number of carbonyl (C=O) groups excluding carboxylic acids is 2. The first kappa shape index (κ1) is 23.7. The third-order valence-corrected chi connectivity index (χ3v) is 7.76. The maximum Gasteiger partial charge on any atom is 0.260 e. The molecule has 1 saturated heterocycles. The summed E-state index contributed by atoms with van der Waals surface area (Å²) in [6, 6.07) is 17.5. The van der Waals surface area contributed by atoms with E-state index in [9.17, 15) is 18.0 Å². The van der Waals surface area contributed by atoms with Crippen LogP contribution in [0.4, 0.5) is 0 Å². The van der Waals surface area contributed by atoms with Crippen LogP contribution in [-0.4, -0.2) is 69.2 Å². The molecule has 1 heterocycles. The minimum Gasteiger partial charge on any atom is -0.497 e. The summed E-state index contributed by atoms with van der Waals surface area (Å²) < 4.78 is 38.5. The number of fused-ring (bicyclic) bond motifs is 1. The van der Waals surface area contributed by atoms with E-state index in [1.165, 1.54) is 18.3 Å². The molecule has 8 nitrogen and oxygen atoms in total. The lowest BCUT2D eigenvalue weighted by molar-refractivity contribution is -0.134. The molecule has 9 heteroatoms. The molecule has 1 aliphatic rings. The Balaban J connectivity index is 1.38. The van der Waals surface area contributed by atoms with Crippen molar-refractivity contribution in [3.05, 3.63) is 66.2 Å². The Morgan fingerprint density at radius 3 is 2.29 bits per heavy atom. The number of nitrogens with zero attached hydrogens (tertiary/aromatic N) is 2. The molecule has 0 bridgehead atoms. The topological polar surface area (TPSA) is 93.2 Å². The summed E-state index contributed by atoms with van der Waals surface area (Å²) in [4.78, 5) is 26.4. The number of carbonyl (C=O) groups is 2. The third-order valence-electron chi connectivity index (χ3n) is 5.87. The highest BCUT2D eigenvalue weighted by atomic mass is 32.2. The van der Waals surface area contributed by atoms with Crippen molar-refractivity contribution in [3.63, 3.8) is 0 Å². The second kappa shape index (κ2) is 9.82. The zero-order valence-corrected chi connectivity index (χ0v) is 19.9. The van der Waals surface area contributed by atoms with Gasteiger partial charge < -0.3 is 14.4 Å². The van der Waals surface area contributed by atoms with Gasteiger partial charge in [0.2, 0.25) is 10.0 Å². The summed E-state index contributed by atoms with van der Waals surface area (Å²) in [6.07, 6.45) is 0. The van der Waals surface area contributed by atoms with E-state index < -0.39 is 10.0 Å². The molecule has 1 amide bonds. The van der Waals surface area contributed by atoms with Crippen molar-refractivity contribution in [2.75, 3.05) is 39.9 Å². The lowest BCUT2D eigenvalue weighted by Gasteiger charge is -2.34. The summed E-state index contributed by atoms with van der Waals surface area (Å²) in [5.74, 6) is 0.329. The van der Waals surface area contributed by atoms with Gasteiger partial charge in [-0.25, -0.2) is 8.42 Å². The number of sulfonamides is 1. The molecule has 0 N–H and O–H groups in total. The van der Waals surface area contributed by atoms with Crippen LogP contribution in [0.5, 0.6) is 11.5 Å². The van der Waals surface area contributed by atoms with Crippen molar-refractivity contribution >= 4 is 32.5 Å². The highest BCUT2D eigenvalue weighted by molar-refractivity contribution is 7.89. The fraction of sp³-hybridized carbons (Fsp3) is 0.280. The van der Waals surface area contributed by atoms with E-state index in [2.05, 4.69) is 0 Å². The molecular weight excluding hydrogens is 456 g/mol. The summed E-state index contributed by atoms with van der Waals surface area (Å²) in [6.45, 7) is 2.06. The predicted octanol–water partition coefficient (Wildman–Crippen LogP) is 2.96. The summed E-state index contributed by atoms with van der Waals surface area (Å²) in [5.41, 5.74) is 0.361. The first-order chi connectivity index (χ1) is 16.3. The summed E-state index contributed by atoms with van der Waals surface area (Å²) in [7, 11) is -2.16. The van der Waals surface area contributed by atoms with Gasteiger partial charge in [-0.05, 0) is 42.0 Å². The van der Waals surface area contributed by atoms with Crippen LogP contribution in [0, 0.1) is 0 Å². The number of ketones is 1. The standard InChI is InChI=1S/C25H26N2O6S/c1-18(28)23-10-8-21(32-2)16-24(23)33-17-25(29)26-11-13-27(14-12-26)34(30,31)22-9-7-19-5-3-4-6-20(19)15-22/h3-10,15-16H,11-14,17H2,1-2H3. The first-order valence-corrected chi connectivity index (χ1v) is 12.3. The van der Waals surface area contributed by atoms with Gasteiger partial charge in [-0.15, -0.1) is 0 Å². The molecule has 0 saturated carbocycles. The minimum atomic E-state index is -3.67. The van der Waals surface area contributed by atoms with E-state index in [-0.39, 0.29) is 55.1 Å².